The van der Waals surface area contributed by atoms with Crippen LogP contribution >= 0.6 is 0 Å². The molecule has 13 rings (SSSR count). The zero-order valence-electron chi connectivity index (χ0n) is 32.5. The normalized spacial score (nSPS) is 18.4. The Hall–Kier alpha value is -5.80. The van der Waals surface area contributed by atoms with Gasteiger partial charge in [-0.25, -0.2) is 0 Å². The van der Waals surface area contributed by atoms with Gasteiger partial charge in [-0.3, -0.25) is 0 Å². The molecule has 7 aromatic rings. The average molecular weight is 733 g/mol. The van der Waals surface area contributed by atoms with E-state index in [0.717, 1.165) is 0 Å². The number of benzene rings is 7. The fourth-order valence-electron chi connectivity index (χ4n) is 13.1. The highest BCUT2D eigenvalue weighted by molar-refractivity contribution is 7.00. The summed E-state index contributed by atoms with van der Waals surface area (Å²) in [5.74, 6) is 0. The summed E-state index contributed by atoms with van der Waals surface area (Å²) in [7, 11) is 0. The van der Waals surface area contributed by atoms with Crippen LogP contribution in [-0.2, 0) is 10.8 Å². The average Bonchev–Trinajstić information content (AvgIpc) is 3.70. The third-order valence-electron chi connectivity index (χ3n) is 15.2. The van der Waals surface area contributed by atoms with Crippen molar-refractivity contribution in [3.63, 3.8) is 0 Å². The van der Waals surface area contributed by atoms with Gasteiger partial charge in [-0.1, -0.05) is 154 Å². The lowest BCUT2D eigenvalue weighted by Gasteiger charge is -2.45. The van der Waals surface area contributed by atoms with Crippen LogP contribution in [0.2, 0.25) is 0 Å². The molecule has 0 radical (unpaired) electrons. The first-order valence-corrected chi connectivity index (χ1v) is 21.7. The summed E-state index contributed by atoms with van der Waals surface area (Å²) in [6, 6.07) is 58.9. The summed E-state index contributed by atoms with van der Waals surface area (Å²) < 4.78 is 0. The van der Waals surface area contributed by atoms with Crippen molar-refractivity contribution in [2.24, 2.45) is 0 Å². The molecule has 57 heavy (non-hydrogen) atoms. The fraction of sp³-hybridized carbons (Fsp3) is 0.222. The highest BCUT2D eigenvalue weighted by Gasteiger charge is 2.51. The smallest absolute Gasteiger partial charge is 0.252 e. The van der Waals surface area contributed by atoms with Crippen molar-refractivity contribution in [2.75, 3.05) is 9.80 Å². The Bertz CT molecular complexity index is 2770. The van der Waals surface area contributed by atoms with E-state index in [-0.39, 0.29) is 17.5 Å². The molecular weight excluding hydrogens is 687 g/mol. The Morgan fingerprint density at radius 2 is 0.895 bits per heavy atom. The Labute approximate surface area is 336 Å². The van der Waals surface area contributed by atoms with Crippen LogP contribution in [0.15, 0.2) is 152 Å². The molecule has 0 bridgehead atoms. The molecule has 2 aliphatic heterocycles. The standard InChI is InChI=1S/C54H45BN2/c1-4-18-36(19-5-1)56-47-28-17-29-48-51(47)55(44-31-30-42-50(52(44)56)38-21-7-9-23-40(38)54(42)34-14-3-15-35-54)43-25-10-11-26-45(43)57(48)46-27-16-24-41-49(46)37-20-6-8-22-39(37)53(41)32-12-2-13-33-53/h1,4-11,16-31H,2-3,12-15,32-35H2. The molecule has 2 fully saturated rings. The monoisotopic (exact) mass is 732 g/mol. The molecule has 0 unspecified atom stereocenters. The van der Waals surface area contributed by atoms with Gasteiger partial charge >= 0.3 is 0 Å². The van der Waals surface area contributed by atoms with Gasteiger partial charge in [0.25, 0.3) is 6.71 Å². The molecule has 0 amide bonds. The highest BCUT2D eigenvalue weighted by Crippen LogP contribution is 2.61. The second-order valence-electron chi connectivity index (χ2n) is 17.7. The van der Waals surface area contributed by atoms with E-state index in [4.69, 9.17) is 0 Å². The van der Waals surface area contributed by atoms with E-state index in [2.05, 4.69) is 161 Å². The van der Waals surface area contributed by atoms with E-state index >= 15 is 0 Å². The zero-order valence-corrected chi connectivity index (χ0v) is 32.5. The summed E-state index contributed by atoms with van der Waals surface area (Å²) in [4.78, 5) is 5.30. The third kappa shape index (κ3) is 4.12. The molecule has 2 spiro atoms. The molecule has 3 heteroatoms. The first-order chi connectivity index (χ1) is 28.3. The topological polar surface area (TPSA) is 6.48 Å². The highest BCUT2D eigenvalue weighted by atomic mass is 15.2. The summed E-state index contributed by atoms with van der Waals surface area (Å²) in [6.07, 6.45) is 12.8. The van der Waals surface area contributed by atoms with Gasteiger partial charge < -0.3 is 9.80 Å². The number of nitrogens with zero attached hydrogens (tertiary/aromatic N) is 2. The van der Waals surface area contributed by atoms with Crippen LogP contribution in [0.4, 0.5) is 34.1 Å². The summed E-state index contributed by atoms with van der Waals surface area (Å²) in [5, 5.41) is 0. The van der Waals surface area contributed by atoms with Crippen LogP contribution in [0.1, 0.15) is 86.5 Å². The van der Waals surface area contributed by atoms with Gasteiger partial charge in [-0.2, -0.15) is 0 Å². The number of rotatable bonds is 2. The quantitative estimate of drug-likeness (QED) is 0.163. The molecule has 0 saturated heterocycles. The van der Waals surface area contributed by atoms with Gasteiger partial charge in [0.2, 0.25) is 0 Å². The Morgan fingerprint density at radius 3 is 1.61 bits per heavy atom. The van der Waals surface area contributed by atoms with E-state index in [9.17, 15) is 0 Å². The SMILES string of the molecule is c1ccc(N2c3cccc4c3B(c3ccccc3N4c3cccc4c3-c3ccccc3C43CCCCC3)c3ccc4c(c32)-c2ccccc2C42CCCCC2)cc1. The van der Waals surface area contributed by atoms with E-state index in [1.54, 1.807) is 16.7 Å². The number of anilines is 6. The zero-order chi connectivity index (χ0) is 37.3. The van der Waals surface area contributed by atoms with E-state index in [0.29, 0.717) is 0 Å². The molecule has 4 aliphatic carbocycles. The van der Waals surface area contributed by atoms with Crippen LogP contribution in [0.3, 0.4) is 0 Å². The second kappa shape index (κ2) is 11.9. The van der Waals surface area contributed by atoms with Crippen molar-refractivity contribution < 1.29 is 0 Å². The number of fused-ring (bicyclic) bond motifs is 15. The lowest BCUT2D eigenvalue weighted by atomic mass is 9.33. The van der Waals surface area contributed by atoms with Gasteiger partial charge in [0.15, 0.2) is 0 Å². The van der Waals surface area contributed by atoms with Gasteiger partial charge in [0.05, 0.1) is 5.69 Å². The lowest BCUT2D eigenvalue weighted by Crippen LogP contribution is -2.61. The lowest BCUT2D eigenvalue weighted by molar-refractivity contribution is 0.353. The van der Waals surface area contributed by atoms with Gasteiger partial charge in [0.1, 0.15) is 0 Å². The molecule has 7 aromatic carbocycles. The van der Waals surface area contributed by atoms with Crippen LogP contribution in [0, 0.1) is 0 Å². The molecule has 2 saturated carbocycles. The summed E-state index contributed by atoms with van der Waals surface area (Å²) in [5.41, 5.74) is 24.1. The number of hydrogen-bond donors (Lipinski definition) is 0. The molecule has 2 nitrogen and oxygen atoms in total. The van der Waals surface area contributed by atoms with Crippen molar-refractivity contribution in [3.8, 4) is 22.3 Å². The predicted molar refractivity (Wildman–Crippen MR) is 239 cm³/mol. The van der Waals surface area contributed by atoms with E-state index in [1.165, 1.54) is 143 Å². The fourth-order valence-corrected chi connectivity index (χ4v) is 13.1. The largest absolute Gasteiger partial charge is 0.311 e. The molecule has 274 valence electrons. The Kier molecular flexibility index (Phi) is 6.73. The Balaban J connectivity index is 1.10. The molecule has 6 aliphatic rings. The minimum atomic E-state index is 0.0879. The summed E-state index contributed by atoms with van der Waals surface area (Å²) >= 11 is 0. The van der Waals surface area contributed by atoms with Crippen molar-refractivity contribution in [1.29, 1.82) is 0 Å². The molecule has 0 atom stereocenters. The van der Waals surface area contributed by atoms with Crippen molar-refractivity contribution in [3.05, 3.63) is 174 Å². The predicted octanol–water partition coefficient (Wildman–Crippen LogP) is 12.2. The van der Waals surface area contributed by atoms with Crippen molar-refractivity contribution >= 4 is 57.2 Å². The molecule has 0 N–H and O–H groups in total. The molecular formula is C54H45BN2. The van der Waals surface area contributed by atoms with E-state index in [1.807, 2.05) is 0 Å². The van der Waals surface area contributed by atoms with Gasteiger partial charge in [-0.15, -0.1) is 0 Å². The first-order valence-electron chi connectivity index (χ1n) is 21.7. The van der Waals surface area contributed by atoms with Crippen molar-refractivity contribution in [2.45, 2.75) is 75.0 Å². The first kappa shape index (κ1) is 32.3. The third-order valence-corrected chi connectivity index (χ3v) is 15.2. The number of para-hydroxylation sites is 2. The molecule has 2 heterocycles. The Morgan fingerprint density at radius 1 is 0.368 bits per heavy atom. The van der Waals surface area contributed by atoms with Crippen LogP contribution in [0.5, 0.6) is 0 Å². The number of hydrogen-bond acceptors (Lipinski definition) is 2. The van der Waals surface area contributed by atoms with Gasteiger partial charge in [0, 0.05) is 50.4 Å². The second-order valence-corrected chi connectivity index (χ2v) is 17.7. The maximum absolute atomic E-state index is 2.65. The summed E-state index contributed by atoms with van der Waals surface area (Å²) in [6.45, 7) is 0.104. The minimum absolute atomic E-state index is 0.0879. The van der Waals surface area contributed by atoms with Crippen LogP contribution in [-0.4, -0.2) is 6.71 Å². The van der Waals surface area contributed by atoms with Crippen LogP contribution in [0.25, 0.3) is 22.3 Å². The minimum Gasteiger partial charge on any atom is -0.311 e. The van der Waals surface area contributed by atoms with Crippen LogP contribution < -0.4 is 26.2 Å². The maximum atomic E-state index is 2.65. The van der Waals surface area contributed by atoms with Crippen molar-refractivity contribution in [1.82, 2.24) is 0 Å². The van der Waals surface area contributed by atoms with E-state index < -0.39 is 0 Å². The van der Waals surface area contributed by atoms with Gasteiger partial charge in [-0.05, 0) is 112 Å². The maximum Gasteiger partial charge on any atom is 0.252 e. The molecule has 0 aromatic heterocycles.